The molecule has 0 aliphatic carbocycles. The van der Waals surface area contributed by atoms with E-state index in [4.69, 9.17) is 0 Å². The number of halogens is 1. The van der Waals surface area contributed by atoms with E-state index >= 15 is 0 Å². The second kappa shape index (κ2) is 7.33. The van der Waals surface area contributed by atoms with Crippen molar-refractivity contribution in [3.05, 3.63) is 65.4 Å². The maximum atomic E-state index is 9.41. The van der Waals surface area contributed by atoms with Gasteiger partial charge in [0.1, 0.15) is 6.07 Å². The van der Waals surface area contributed by atoms with Gasteiger partial charge < -0.3 is 5.32 Å². The molecule has 3 rings (SSSR count). The van der Waals surface area contributed by atoms with E-state index in [1.165, 1.54) is 5.56 Å². The van der Waals surface area contributed by atoms with Crippen molar-refractivity contribution in [2.24, 2.45) is 0 Å². The second-order valence-corrected chi connectivity index (χ2v) is 6.08. The first-order chi connectivity index (χ1) is 11.1. The van der Waals surface area contributed by atoms with E-state index in [-0.39, 0.29) is 12.4 Å². The molecule has 0 unspecified atom stereocenters. The molecule has 122 valence electrons. The predicted molar refractivity (Wildman–Crippen MR) is 102 cm³/mol. The zero-order chi connectivity index (χ0) is 16.4. The van der Waals surface area contributed by atoms with E-state index < -0.39 is 0 Å². The van der Waals surface area contributed by atoms with Crippen molar-refractivity contribution in [3.63, 3.8) is 0 Å². The third-order valence-electron chi connectivity index (χ3n) is 3.99. The van der Waals surface area contributed by atoms with E-state index in [2.05, 4.69) is 60.5 Å². The summed E-state index contributed by atoms with van der Waals surface area (Å²) in [5.74, 6) is 0.503. The number of nitriles is 1. The van der Waals surface area contributed by atoms with Gasteiger partial charge in [-0.3, -0.25) is 4.98 Å². The SMILES string of the molecule is Cc1ccc2ncc(C#N)c(Nc3ccc(C(C)C)cc3)c2c1.Cl. The number of hydrogen-bond donors (Lipinski definition) is 1. The quantitative estimate of drug-likeness (QED) is 0.666. The van der Waals surface area contributed by atoms with Crippen molar-refractivity contribution < 1.29 is 0 Å². The molecule has 0 aliphatic rings. The summed E-state index contributed by atoms with van der Waals surface area (Å²) in [4.78, 5) is 4.37. The average molecular weight is 338 g/mol. The maximum absolute atomic E-state index is 9.41. The Balaban J connectivity index is 0.00000208. The van der Waals surface area contributed by atoms with Crippen LogP contribution in [0, 0.1) is 18.3 Å². The molecule has 1 heterocycles. The van der Waals surface area contributed by atoms with E-state index in [0.717, 1.165) is 27.8 Å². The molecule has 0 saturated heterocycles. The summed E-state index contributed by atoms with van der Waals surface area (Å²) < 4.78 is 0. The third kappa shape index (κ3) is 3.50. The number of pyridine rings is 1. The molecule has 4 heteroatoms. The zero-order valence-electron chi connectivity index (χ0n) is 14.0. The van der Waals surface area contributed by atoms with Crippen LogP contribution in [0.25, 0.3) is 10.9 Å². The summed E-state index contributed by atoms with van der Waals surface area (Å²) in [7, 11) is 0. The van der Waals surface area contributed by atoms with E-state index in [1.807, 2.05) is 19.1 Å². The molecule has 1 aromatic heterocycles. The van der Waals surface area contributed by atoms with E-state index in [1.54, 1.807) is 6.20 Å². The molecule has 0 saturated carbocycles. The Morgan fingerprint density at radius 1 is 1.08 bits per heavy atom. The van der Waals surface area contributed by atoms with Crippen LogP contribution in [-0.4, -0.2) is 4.98 Å². The van der Waals surface area contributed by atoms with Crippen LogP contribution in [0.15, 0.2) is 48.7 Å². The van der Waals surface area contributed by atoms with E-state index in [0.29, 0.717) is 11.5 Å². The number of aryl methyl sites for hydroxylation is 1. The topological polar surface area (TPSA) is 48.7 Å². The van der Waals surface area contributed by atoms with Crippen molar-refractivity contribution in [1.29, 1.82) is 5.26 Å². The summed E-state index contributed by atoms with van der Waals surface area (Å²) in [6.45, 7) is 6.39. The molecule has 24 heavy (non-hydrogen) atoms. The number of benzene rings is 2. The lowest BCUT2D eigenvalue weighted by molar-refractivity contribution is 0.867. The zero-order valence-corrected chi connectivity index (χ0v) is 14.8. The molecule has 3 nitrogen and oxygen atoms in total. The molecule has 0 spiro atoms. The fraction of sp³-hybridized carbons (Fsp3) is 0.200. The van der Waals surface area contributed by atoms with Crippen molar-refractivity contribution in [2.75, 3.05) is 5.32 Å². The molecule has 0 radical (unpaired) electrons. The number of nitrogens with one attached hydrogen (secondary N) is 1. The molecule has 2 aromatic carbocycles. The Labute approximate surface area is 148 Å². The van der Waals surface area contributed by atoms with Crippen molar-refractivity contribution in [3.8, 4) is 6.07 Å². The Morgan fingerprint density at radius 2 is 1.79 bits per heavy atom. The van der Waals surface area contributed by atoms with Crippen LogP contribution in [0.1, 0.15) is 36.5 Å². The van der Waals surface area contributed by atoms with Gasteiger partial charge in [0.25, 0.3) is 0 Å². The first kappa shape index (κ1) is 17.8. The highest BCUT2D eigenvalue weighted by Crippen LogP contribution is 2.30. The highest BCUT2D eigenvalue weighted by Gasteiger charge is 2.10. The minimum Gasteiger partial charge on any atom is -0.354 e. The largest absolute Gasteiger partial charge is 0.354 e. The van der Waals surface area contributed by atoms with Crippen molar-refractivity contribution >= 4 is 34.7 Å². The monoisotopic (exact) mass is 337 g/mol. The molecule has 3 aromatic rings. The van der Waals surface area contributed by atoms with E-state index in [9.17, 15) is 5.26 Å². The lowest BCUT2D eigenvalue weighted by Crippen LogP contribution is -1.97. The third-order valence-corrected chi connectivity index (χ3v) is 3.99. The van der Waals surface area contributed by atoms with Gasteiger partial charge in [-0.25, -0.2) is 0 Å². The fourth-order valence-electron chi connectivity index (χ4n) is 2.62. The Bertz CT molecular complexity index is 893. The van der Waals surface area contributed by atoms with Crippen LogP contribution in [0.5, 0.6) is 0 Å². The lowest BCUT2D eigenvalue weighted by Gasteiger charge is -2.13. The Morgan fingerprint density at radius 3 is 2.42 bits per heavy atom. The van der Waals surface area contributed by atoms with Crippen LogP contribution in [0.2, 0.25) is 0 Å². The molecule has 0 amide bonds. The summed E-state index contributed by atoms with van der Waals surface area (Å²) in [6, 6.07) is 16.7. The van der Waals surface area contributed by atoms with Gasteiger partial charge in [-0.05, 0) is 42.7 Å². The van der Waals surface area contributed by atoms with Crippen LogP contribution in [0.4, 0.5) is 11.4 Å². The lowest BCUT2D eigenvalue weighted by atomic mass is 10.0. The molecule has 1 N–H and O–H groups in total. The first-order valence-corrected chi connectivity index (χ1v) is 7.75. The molecule has 0 fully saturated rings. The van der Waals surface area contributed by atoms with Crippen molar-refractivity contribution in [1.82, 2.24) is 4.98 Å². The minimum absolute atomic E-state index is 0. The smallest absolute Gasteiger partial charge is 0.103 e. The highest BCUT2D eigenvalue weighted by molar-refractivity contribution is 5.96. The maximum Gasteiger partial charge on any atom is 0.103 e. The average Bonchev–Trinajstić information content (AvgIpc) is 2.56. The Hall–Kier alpha value is -2.57. The number of nitrogens with zero attached hydrogens (tertiary/aromatic N) is 2. The summed E-state index contributed by atoms with van der Waals surface area (Å²) >= 11 is 0. The molecular formula is C20H20ClN3. The summed E-state index contributed by atoms with van der Waals surface area (Å²) in [5.41, 5.74) is 5.67. The molecular weight excluding hydrogens is 318 g/mol. The number of fused-ring (bicyclic) bond motifs is 1. The molecule has 0 bridgehead atoms. The number of hydrogen-bond acceptors (Lipinski definition) is 3. The van der Waals surface area contributed by atoms with Gasteiger partial charge in [0.05, 0.1) is 16.8 Å². The van der Waals surface area contributed by atoms with Crippen LogP contribution >= 0.6 is 12.4 Å². The normalized spacial score (nSPS) is 10.3. The van der Waals surface area contributed by atoms with Gasteiger partial charge in [0, 0.05) is 17.3 Å². The second-order valence-electron chi connectivity index (χ2n) is 6.08. The number of aromatic nitrogens is 1. The van der Waals surface area contributed by atoms with Gasteiger partial charge >= 0.3 is 0 Å². The van der Waals surface area contributed by atoms with Gasteiger partial charge in [0.2, 0.25) is 0 Å². The van der Waals surface area contributed by atoms with Gasteiger partial charge in [-0.1, -0.05) is 37.6 Å². The molecule has 0 aliphatic heterocycles. The first-order valence-electron chi connectivity index (χ1n) is 7.75. The number of anilines is 2. The van der Waals surface area contributed by atoms with Gasteiger partial charge in [-0.15, -0.1) is 12.4 Å². The highest BCUT2D eigenvalue weighted by atomic mass is 35.5. The molecule has 0 atom stereocenters. The number of rotatable bonds is 3. The van der Waals surface area contributed by atoms with Gasteiger partial charge in [0.15, 0.2) is 0 Å². The van der Waals surface area contributed by atoms with Gasteiger partial charge in [-0.2, -0.15) is 5.26 Å². The Kier molecular flexibility index (Phi) is 5.43. The standard InChI is InChI=1S/C20H19N3.ClH/c1-13(2)15-5-7-17(8-6-15)23-20-16(11-21)12-22-19-9-4-14(3)10-18(19)20;/h4-10,12-13H,1-3H3,(H,22,23);1H. The van der Waals surface area contributed by atoms with Crippen LogP contribution in [0.3, 0.4) is 0 Å². The van der Waals surface area contributed by atoms with Crippen LogP contribution in [-0.2, 0) is 0 Å². The predicted octanol–water partition coefficient (Wildman–Crippen LogP) is 5.70. The summed E-state index contributed by atoms with van der Waals surface area (Å²) in [6.07, 6.45) is 1.63. The minimum atomic E-state index is 0. The summed E-state index contributed by atoms with van der Waals surface area (Å²) in [5, 5.41) is 13.8. The van der Waals surface area contributed by atoms with Crippen molar-refractivity contribution in [2.45, 2.75) is 26.7 Å². The van der Waals surface area contributed by atoms with Crippen LogP contribution < -0.4 is 5.32 Å². The fourth-order valence-corrected chi connectivity index (χ4v) is 2.62.